The van der Waals surface area contributed by atoms with Crippen molar-refractivity contribution < 1.29 is 0 Å². The van der Waals surface area contributed by atoms with E-state index in [1.165, 1.54) is 5.69 Å². The topological polar surface area (TPSA) is 79.7 Å². The molecule has 2 aliphatic rings. The van der Waals surface area contributed by atoms with Gasteiger partial charge in [-0.1, -0.05) is 0 Å². The van der Waals surface area contributed by atoms with Crippen LogP contribution in [-0.4, -0.2) is 42.5 Å². The van der Waals surface area contributed by atoms with E-state index in [1.807, 2.05) is 25.3 Å². The summed E-state index contributed by atoms with van der Waals surface area (Å²) < 4.78 is 2.16. The van der Waals surface area contributed by atoms with Crippen LogP contribution in [0.3, 0.4) is 0 Å². The molecule has 0 radical (unpaired) electrons. The van der Waals surface area contributed by atoms with E-state index in [0.29, 0.717) is 5.82 Å². The first kappa shape index (κ1) is 18.2. The van der Waals surface area contributed by atoms with Crippen molar-refractivity contribution in [3.63, 3.8) is 0 Å². The molecule has 29 heavy (non-hydrogen) atoms. The second-order valence-corrected chi connectivity index (χ2v) is 8.40. The Hall–Kier alpha value is -2.80. The van der Waals surface area contributed by atoms with Crippen molar-refractivity contribution in [2.24, 2.45) is 7.05 Å². The number of imidazole rings is 1. The lowest BCUT2D eigenvalue weighted by Crippen LogP contribution is -2.42. The smallest absolute Gasteiger partial charge is 0.254 e. The van der Waals surface area contributed by atoms with Gasteiger partial charge in [-0.15, -0.1) is 0 Å². The van der Waals surface area contributed by atoms with Gasteiger partial charge in [-0.2, -0.15) is 0 Å². The molecule has 7 nitrogen and oxygen atoms in total. The molecule has 0 aromatic carbocycles. The molecule has 0 amide bonds. The lowest BCUT2D eigenvalue weighted by Gasteiger charge is -2.39. The van der Waals surface area contributed by atoms with Crippen molar-refractivity contribution in [1.82, 2.24) is 29.4 Å². The van der Waals surface area contributed by atoms with Crippen molar-refractivity contribution in [3.05, 3.63) is 63.9 Å². The quantitative estimate of drug-likeness (QED) is 0.743. The standard InChI is InChI=1S/C22H26N6O/c1-15-24-13-17(27(15)2)14-28-10-7-22(8-11-28)6-5-18-19(22)25-20(26-21(18)29)16-4-3-9-23-12-16/h3-4,9,12-13H,5-8,10-11,14H2,1-2H3,(H,25,26,29). The van der Waals surface area contributed by atoms with E-state index in [9.17, 15) is 4.79 Å². The van der Waals surface area contributed by atoms with Crippen molar-refractivity contribution >= 4 is 0 Å². The van der Waals surface area contributed by atoms with Crippen LogP contribution in [0.1, 0.15) is 42.0 Å². The summed E-state index contributed by atoms with van der Waals surface area (Å²) in [6, 6.07) is 3.81. The van der Waals surface area contributed by atoms with Gasteiger partial charge in [-0.05, 0) is 57.8 Å². The number of hydrogen-bond donors (Lipinski definition) is 1. The van der Waals surface area contributed by atoms with E-state index in [-0.39, 0.29) is 11.0 Å². The van der Waals surface area contributed by atoms with Crippen LogP contribution in [0.25, 0.3) is 11.4 Å². The Morgan fingerprint density at radius 3 is 2.72 bits per heavy atom. The van der Waals surface area contributed by atoms with E-state index in [4.69, 9.17) is 4.98 Å². The molecule has 0 saturated carbocycles. The third-order valence-corrected chi connectivity index (χ3v) is 6.82. The normalized spacial score (nSPS) is 18.3. The molecule has 0 bridgehead atoms. The Kier molecular flexibility index (Phi) is 4.35. The first-order valence-corrected chi connectivity index (χ1v) is 10.3. The van der Waals surface area contributed by atoms with Gasteiger partial charge in [-0.3, -0.25) is 14.7 Å². The largest absolute Gasteiger partial charge is 0.334 e. The van der Waals surface area contributed by atoms with Crippen molar-refractivity contribution in [3.8, 4) is 11.4 Å². The minimum Gasteiger partial charge on any atom is -0.334 e. The second-order valence-electron chi connectivity index (χ2n) is 8.40. The molecule has 0 atom stereocenters. The zero-order chi connectivity index (χ0) is 20.0. The van der Waals surface area contributed by atoms with Gasteiger partial charge in [0, 0.05) is 48.7 Å². The van der Waals surface area contributed by atoms with Crippen molar-refractivity contribution in [2.45, 2.75) is 44.6 Å². The molecule has 5 rings (SSSR count). The summed E-state index contributed by atoms with van der Waals surface area (Å²) in [5, 5.41) is 0. The average molecular weight is 390 g/mol. The Bertz CT molecular complexity index is 1090. The number of piperidine rings is 1. The monoisotopic (exact) mass is 390 g/mol. The van der Waals surface area contributed by atoms with Gasteiger partial charge in [0.15, 0.2) is 0 Å². The van der Waals surface area contributed by atoms with E-state index >= 15 is 0 Å². The van der Waals surface area contributed by atoms with Crippen LogP contribution < -0.4 is 5.56 Å². The molecule has 1 saturated heterocycles. The second kappa shape index (κ2) is 6.91. The Morgan fingerprint density at radius 1 is 1.21 bits per heavy atom. The number of fused-ring (bicyclic) bond motifs is 2. The van der Waals surface area contributed by atoms with Gasteiger partial charge in [0.1, 0.15) is 11.6 Å². The number of aromatic amines is 1. The number of hydrogen-bond acceptors (Lipinski definition) is 5. The minimum atomic E-state index is 0.0125. The van der Waals surface area contributed by atoms with Crippen LogP contribution in [0.4, 0.5) is 0 Å². The van der Waals surface area contributed by atoms with Crippen molar-refractivity contribution in [1.29, 1.82) is 0 Å². The van der Waals surface area contributed by atoms with Gasteiger partial charge >= 0.3 is 0 Å². The molecule has 1 aliphatic heterocycles. The summed E-state index contributed by atoms with van der Waals surface area (Å²) in [7, 11) is 2.08. The number of likely N-dealkylation sites (tertiary alicyclic amines) is 1. The molecular formula is C22H26N6O. The summed E-state index contributed by atoms with van der Waals surface area (Å²) in [6.45, 7) is 4.98. The molecule has 1 fully saturated rings. The number of pyridine rings is 1. The maximum Gasteiger partial charge on any atom is 0.254 e. The fraction of sp³-hybridized carbons (Fsp3) is 0.455. The average Bonchev–Trinajstić information content (AvgIpc) is 3.26. The third-order valence-electron chi connectivity index (χ3n) is 6.82. The van der Waals surface area contributed by atoms with E-state index in [2.05, 4.69) is 31.5 Å². The predicted octanol–water partition coefficient (Wildman–Crippen LogP) is 2.35. The predicted molar refractivity (Wildman–Crippen MR) is 111 cm³/mol. The molecule has 3 aromatic rings. The number of aryl methyl sites for hydroxylation is 1. The van der Waals surface area contributed by atoms with Crippen LogP contribution in [0.5, 0.6) is 0 Å². The third kappa shape index (κ3) is 3.09. The molecular weight excluding hydrogens is 364 g/mol. The number of aromatic nitrogens is 5. The molecule has 1 spiro atoms. The maximum atomic E-state index is 12.7. The summed E-state index contributed by atoms with van der Waals surface area (Å²) in [4.78, 5) is 31.7. The summed E-state index contributed by atoms with van der Waals surface area (Å²) >= 11 is 0. The van der Waals surface area contributed by atoms with Crippen LogP contribution in [0, 0.1) is 6.92 Å². The molecule has 1 aliphatic carbocycles. The number of H-pyrrole nitrogens is 1. The van der Waals surface area contributed by atoms with Gasteiger partial charge < -0.3 is 9.55 Å². The van der Waals surface area contributed by atoms with Gasteiger partial charge in [0.25, 0.3) is 5.56 Å². The van der Waals surface area contributed by atoms with Crippen molar-refractivity contribution in [2.75, 3.05) is 13.1 Å². The summed E-state index contributed by atoms with van der Waals surface area (Å²) in [6.07, 6.45) is 9.39. The molecule has 150 valence electrons. The van der Waals surface area contributed by atoms with E-state index < -0.39 is 0 Å². The highest BCUT2D eigenvalue weighted by Crippen LogP contribution is 2.44. The highest BCUT2D eigenvalue weighted by Gasteiger charge is 2.44. The van der Waals surface area contributed by atoms with Gasteiger partial charge in [0.2, 0.25) is 0 Å². The van der Waals surface area contributed by atoms with Crippen LogP contribution in [0.2, 0.25) is 0 Å². The summed E-state index contributed by atoms with van der Waals surface area (Å²) in [5.74, 6) is 1.68. The Labute approximate surface area is 169 Å². The first-order valence-electron chi connectivity index (χ1n) is 10.3. The van der Waals surface area contributed by atoms with Crippen LogP contribution in [-0.2, 0) is 25.4 Å². The highest BCUT2D eigenvalue weighted by molar-refractivity contribution is 5.54. The molecule has 1 N–H and O–H groups in total. The maximum absolute atomic E-state index is 12.7. The molecule has 4 heterocycles. The van der Waals surface area contributed by atoms with E-state index in [1.54, 1.807) is 12.4 Å². The van der Waals surface area contributed by atoms with E-state index in [0.717, 1.165) is 68.0 Å². The lowest BCUT2D eigenvalue weighted by molar-refractivity contribution is 0.147. The summed E-state index contributed by atoms with van der Waals surface area (Å²) in [5.41, 5.74) is 4.06. The number of nitrogens with one attached hydrogen (secondary N) is 1. The highest BCUT2D eigenvalue weighted by atomic mass is 16.1. The zero-order valence-corrected chi connectivity index (χ0v) is 17.0. The number of nitrogens with zero attached hydrogens (tertiary/aromatic N) is 5. The first-order chi connectivity index (χ1) is 14.1. The minimum absolute atomic E-state index is 0.0125. The zero-order valence-electron chi connectivity index (χ0n) is 17.0. The fourth-order valence-electron chi connectivity index (χ4n) is 4.84. The molecule has 3 aromatic heterocycles. The van der Waals surface area contributed by atoms with Gasteiger partial charge in [-0.25, -0.2) is 9.97 Å². The molecule has 0 unspecified atom stereocenters. The van der Waals surface area contributed by atoms with Crippen LogP contribution in [0.15, 0.2) is 35.5 Å². The Balaban J connectivity index is 1.40. The molecule has 7 heteroatoms. The lowest BCUT2D eigenvalue weighted by atomic mass is 9.76. The van der Waals surface area contributed by atoms with Gasteiger partial charge in [0.05, 0.1) is 11.4 Å². The Morgan fingerprint density at radius 2 is 2.03 bits per heavy atom. The van der Waals surface area contributed by atoms with Crippen LogP contribution >= 0.6 is 0 Å². The number of rotatable bonds is 3. The fourth-order valence-corrected chi connectivity index (χ4v) is 4.84. The SMILES string of the molecule is Cc1ncc(CN2CCC3(CCc4c3nc(-c3cccnc3)[nH]c4=O)CC2)n1C.